The largest absolute Gasteiger partial charge is 0.362 e. The molecule has 10 heavy (non-hydrogen) atoms. The van der Waals surface area contributed by atoms with Gasteiger partial charge in [0.15, 0.2) is 5.82 Å². The van der Waals surface area contributed by atoms with E-state index < -0.39 is 0 Å². The SMILES string of the molecule is O=CCNc1ccnnn1. The standard InChI is InChI=1S/C5H6N4O/c10-4-3-6-5-1-2-7-9-8-5/h1-2,4H,3H2,(H,6,7,8). The van der Waals surface area contributed by atoms with Crippen LogP contribution >= 0.6 is 0 Å². The van der Waals surface area contributed by atoms with Crippen LogP contribution in [-0.4, -0.2) is 28.2 Å². The van der Waals surface area contributed by atoms with Crippen molar-refractivity contribution >= 4 is 12.1 Å². The number of carbonyl (C=O) groups excluding carboxylic acids is 1. The molecule has 0 aliphatic rings. The topological polar surface area (TPSA) is 67.8 Å². The predicted octanol–water partition coefficient (Wildman–Crippen LogP) is -0.518. The number of anilines is 1. The number of nitrogens with zero attached hydrogens (tertiary/aromatic N) is 3. The van der Waals surface area contributed by atoms with E-state index in [4.69, 9.17) is 0 Å². The molecule has 0 saturated heterocycles. The Morgan fingerprint density at radius 1 is 1.70 bits per heavy atom. The fraction of sp³-hybridized carbons (Fsp3) is 0.200. The molecule has 0 aliphatic heterocycles. The number of carbonyl (C=O) groups is 1. The molecular weight excluding hydrogens is 132 g/mol. The minimum absolute atomic E-state index is 0.249. The monoisotopic (exact) mass is 138 g/mol. The Morgan fingerprint density at radius 2 is 2.60 bits per heavy atom. The molecule has 5 nitrogen and oxygen atoms in total. The van der Waals surface area contributed by atoms with Gasteiger partial charge in [-0.3, -0.25) is 0 Å². The Balaban J connectivity index is 2.50. The van der Waals surface area contributed by atoms with Crippen molar-refractivity contribution in [2.24, 2.45) is 0 Å². The fourth-order valence-electron chi connectivity index (χ4n) is 0.482. The summed E-state index contributed by atoms with van der Waals surface area (Å²) in [6.45, 7) is 0.249. The molecule has 0 fully saturated rings. The molecule has 0 aromatic carbocycles. The number of hydrogen-bond acceptors (Lipinski definition) is 5. The molecule has 1 N–H and O–H groups in total. The van der Waals surface area contributed by atoms with Crippen molar-refractivity contribution in [3.8, 4) is 0 Å². The summed E-state index contributed by atoms with van der Waals surface area (Å²) >= 11 is 0. The zero-order valence-electron chi connectivity index (χ0n) is 5.19. The van der Waals surface area contributed by atoms with E-state index in [9.17, 15) is 4.79 Å². The normalized spacial score (nSPS) is 8.80. The number of hydrogen-bond donors (Lipinski definition) is 1. The molecule has 5 heteroatoms. The molecule has 0 radical (unpaired) electrons. The Labute approximate surface area is 57.5 Å². The zero-order chi connectivity index (χ0) is 7.23. The van der Waals surface area contributed by atoms with E-state index in [0.29, 0.717) is 5.82 Å². The first kappa shape index (κ1) is 6.60. The fourth-order valence-corrected chi connectivity index (χ4v) is 0.482. The Kier molecular flexibility index (Phi) is 2.31. The van der Waals surface area contributed by atoms with Crippen LogP contribution in [0.4, 0.5) is 5.82 Å². The van der Waals surface area contributed by atoms with Crippen LogP contribution in [0, 0.1) is 0 Å². The molecule has 0 atom stereocenters. The molecule has 0 amide bonds. The van der Waals surface area contributed by atoms with E-state index in [2.05, 4.69) is 20.7 Å². The van der Waals surface area contributed by atoms with Crippen molar-refractivity contribution in [2.45, 2.75) is 0 Å². The zero-order valence-corrected chi connectivity index (χ0v) is 5.19. The van der Waals surface area contributed by atoms with E-state index in [1.807, 2.05) is 0 Å². The van der Waals surface area contributed by atoms with Crippen molar-refractivity contribution in [3.05, 3.63) is 12.3 Å². The van der Waals surface area contributed by atoms with Gasteiger partial charge >= 0.3 is 0 Å². The van der Waals surface area contributed by atoms with Gasteiger partial charge in [0, 0.05) is 6.07 Å². The molecular formula is C5H6N4O. The summed E-state index contributed by atoms with van der Waals surface area (Å²) in [6, 6.07) is 1.64. The van der Waals surface area contributed by atoms with E-state index in [1.165, 1.54) is 6.20 Å². The van der Waals surface area contributed by atoms with Crippen LogP contribution in [0.5, 0.6) is 0 Å². The molecule has 1 heterocycles. The Bertz CT molecular complexity index is 200. The van der Waals surface area contributed by atoms with Gasteiger partial charge in [-0.05, 0) is 5.21 Å². The second-order valence-corrected chi connectivity index (χ2v) is 1.55. The van der Waals surface area contributed by atoms with Crippen molar-refractivity contribution in [1.29, 1.82) is 0 Å². The first-order valence-electron chi connectivity index (χ1n) is 2.75. The van der Waals surface area contributed by atoms with Gasteiger partial charge in [0.05, 0.1) is 12.7 Å². The van der Waals surface area contributed by atoms with Crippen LogP contribution < -0.4 is 5.32 Å². The molecule has 0 saturated carbocycles. The molecule has 1 aromatic heterocycles. The summed E-state index contributed by atoms with van der Waals surface area (Å²) in [5, 5.41) is 13.1. The summed E-state index contributed by atoms with van der Waals surface area (Å²) in [5.74, 6) is 0.558. The van der Waals surface area contributed by atoms with E-state index >= 15 is 0 Å². The van der Waals surface area contributed by atoms with Crippen molar-refractivity contribution in [3.63, 3.8) is 0 Å². The van der Waals surface area contributed by atoms with Gasteiger partial charge in [0.1, 0.15) is 6.29 Å². The second-order valence-electron chi connectivity index (χ2n) is 1.55. The average molecular weight is 138 g/mol. The maximum atomic E-state index is 9.85. The molecule has 1 rings (SSSR count). The number of aromatic nitrogens is 3. The summed E-state index contributed by atoms with van der Waals surface area (Å²) in [6.07, 6.45) is 2.25. The van der Waals surface area contributed by atoms with Crippen LogP contribution in [0.1, 0.15) is 0 Å². The lowest BCUT2D eigenvalue weighted by atomic mass is 10.6. The maximum absolute atomic E-state index is 9.85. The second kappa shape index (κ2) is 3.49. The van der Waals surface area contributed by atoms with Gasteiger partial charge in [-0.1, -0.05) is 0 Å². The molecule has 0 spiro atoms. The van der Waals surface area contributed by atoms with Crippen LogP contribution in [0.25, 0.3) is 0 Å². The van der Waals surface area contributed by atoms with Gasteiger partial charge in [-0.2, -0.15) is 0 Å². The molecule has 52 valence electrons. The van der Waals surface area contributed by atoms with Gasteiger partial charge in [0.25, 0.3) is 0 Å². The van der Waals surface area contributed by atoms with E-state index in [1.54, 1.807) is 6.07 Å². The highest BCUT2D eigenvalue weighted by atomic mass is 16.1. The average Bonchev–Trinajstić information content (AvgIpc) is 2.03. The maximum Gasteiger partial charge on any atom is 0.152 e. The highest BCUT2D eigenvalue weighted by Crippen LogP contribution is 1.92. The lowest BCUT2D eigenvalue weighted by Gasteiger charge is -1.95. The highest BCUT2D eigenvalue weighted by molar-refractivity contribution is 5.57. The van der Waals surface area contributed by atoms with Gasteiger partial charge in [0.2, 0.25) is 0 Å². The smallest absolute Gasteiger partial charge is 0.152 e. The first-order valence-corrected chi connectivity index (χ1v) is 2.75. The van der Waals surface area contributed by atoms with Crippen LogP contribution in [0.15, 0.2) is 12.3 Å². The van der Waals surface area contributed by atoms with Crippen molar-refractivity contribution in [1.82, 2.24) is 15.4 Å². The lowest BCUT2D eigenvalue weighted by molar-refractivity contribution is -0.106. The van der Waals surface area contributed by atoms with Gasteiger partial charge in [-0.15, -0.1) is 10.2 Å². The third kappa shape index (κ3) is 1.77. The molecule has 0 unspecified atom stereocenters. The van der Waals surface area contributed by atoms with E-state index in [-0.39, 0.29) is 6.54 Å². The number of aldehydes is 1. The van der Waals surface area contributed by atoms with Gasteiger partial charge < -0.3 is 10.1 Å². The molecule has 0 aliphatic carbocycles. The summed E-state index contributed by atoms with van der Waals surface area (Å²) in [4.78, 5) is 9.85. The van der Waals surface area contributed by atoms with Crippen molar-refractivity contribution < 1.29 is 4.79 Å². The van der Waals surface area contributed by atoms with Gasteiger partial charge in [-0.25, -0.2) is 0 Å². The van der Waals surface area contributed by atoms with Crippen LogP contribution in [-0.2, 0) is 4.79 Å². The van der Waals surface area contributed by atoms with Crippen molar-refractivity contribution in [2.75, 3.05) is 11.9 Å². The highest BCUT2D eigenvalue weighted by Gasteiger charge is 1.88. The summed E-state index contributed by atoms with van der Waals surface area (Å²) < 4.78 is 0. The summed E-state index contributed by atoms with van der Waals surface area (Å²) in [7, 11) is 0. The molecule has 0 bridgehead atoms. The minimum Gasteiger partial charge on any atom is -0.362 e. The van der Waals surface area contributed by atoms with Crippen LogP contribution in [0.3, 0.4) is 0 Å². The Morgan fingerprint density at radius 3 is 3.20 bits per heavy atom. The molecule has 1 aromatic rings. The van der Waals surface area contributed by atoms with E-state index in [0.717, 1.165) is 6.29 Å². The van der Waals surface area contributed by atoms with Crippen LogP contribution in [0.2, 0.25) is 0 Å². The number of nitrogens with one attached hydrogen (secondary N) is 1. The Hall–Kier alpha value is -1.52. The minimum atomic E-state index is 0.249. The lowest BCUT2D eigenvalue weighted by Crippen LogP contribution is -2.04. The predicted molar refractivity (Wildman–Crippen MR) is 34.4 cm³/mol. The number of rotatable bonds is 3. The quantitative estimate of drug-likeness (QED) is 0.569. The third-order valence-corrected chi connectivity index (χ3v) is 0.870. The first-order chi connectivity index (χ1) is 4.93. The summed E-state index contributed by atoms with van der Waals surface area (Å²) in [5.41, 5.74) is 0. The third-order valence-electron chi connectivity index (χ3n) is 0.870.